The van der Waals surface area contributed by atoms with Crippen molar-refractivity contribution in [2.75, 3.05) is 19.9 Å². The third-order valence-electron chi connectivity index (χ3n) is 3.81. The number of amides is 1. The summed E-state index contributed by atoms with van der Waals surface area (Å²) in [5.41, 5.74) is -0.0567. The number of likely N-dealkylation sites (N-methyl/N-ethyl adjacent to an activating group) is 1. The third-order valence-corrected chi connectivity index (χ3v) is 4.95. The Kier molecular flexibility index (Phi) is 6.47. The minimum absolute atomic E-state index is 0.224. The van der Waals surface area contributed by atoms with Crippen LogP contribution in [0, 0.1) is 10.1 Å². The maximum absolute atomic E-state index is 12.1. The van der Waals surface area contributed by atoms with Crippen molar-refractivity contribution in [2.45, 2.75) is 11.4 Å². The summed E-state index contributed by atoms with van der Waals surface area (Å²) in [7, 11) is -2.29. The Labute approximate surface area is 161 Å². The standard InChI is InChI=1S/C18H18N2O7S/c1-19(11-13-6-4-3-5-7-13)17(21)12-27-18(22)14-8-9-16(28(2,25)26)15(10-14)20(23)24/h3-10H,11-12H2,1-2H3. The van der Waals surface area contributed by atoms with Gasteiger partial charge >= 0.3 is 5.97 Å². The maximum atomic E-state index is 12.1. The molecular weight excluding hydrogens is 388 g/mol. The Morgan fingerprint density at radius 1 is 1.14 bits per heavy atom. The number of nitro groups is 1. The van der Waals surface area contributed by atoms with Gasteiger partial charge in [0.05, 0.1) is 10.5 Å². The van der Waals surface area contributed by atoms with E-state index in [-0.39, 0.29) is 5.56 Å². The second-order valence-corrected chi connectivity index (χ2v) is 8.01. The van der Waals surface area contributed by atoms with Crippen molar-refractivity contribution in [1.29, 1.82) is 0 Å². The predicted molar refractivity (Wildman–Crippen MR) is 99.4 cm³/mol. The zero-order chi connectivity index (χ0) is 20.9. The van der Waals surface area contributed by atoms with Gasteiger partial charge < -0.3 is 9.64 Å². The van der Waals surface area contributed by atoms with Crippen LogP contribution in [-0.4, -0.2) is 50.0 Å². The van der Waals surface area contributed by atoms with Gasteiger partial charge in [0.2, 0.25) is 0 Å². The molecule has 1 amide bonds. The van der Waals surface area contributed by atoms with Crippen molar-refractivity contribution in [3.8, 4) is 0 Å². The summed E-state index contributed by atoms with van der Waals surface area (Å²) in [6.07, 6.45) is 0.828. The summed E-state index contributed by atoms with van der Waals surface area (Å²) < 4.78 is 28.1. The maximum Gasteiger partial charge on any atom is 0.338 e. The molecule has 9 nitrogen and oxygen atoms in total. The van der Waals surface area contributed by atoms with E-state index in [9.17, 15) is 28.1 Å². The fraction of sp³-hybridized carbons (Fsp3) is 0.222. The Morgan fingerprint density at radius 2 is 1.79 bits per heavy atom. The second kappa shape index (κ2) is 8.61. The second-order valence-electron chi connectivity index (χ2n) is 6.02. The van der Waals surface area contributed by atoms with Crippen molar-refractivity contribution < 1.29 is 27.7 Å². The molecule has 0 bridgehead atoms. The molecule has 148 valence electrons. The lowest BCUT2D eigenvalue weighted by Gasteiger charge is -2.17. The molecule has 0 aliphatic heterocycles. The largest absolute Gasteiger partial charge is 0.452 e. The molecule has 28 heavy (non-hydrogen) atoms. The summed E-state index contributed by atoms with van der Waals surface area (Å²) in [6, 6.07) is 12.1. The van der Waals surface area contributed by atoms with Gasteiger partial charge in [0.15, 0.2) is 16.4 Å². The topological polar surface area (TPSA) is 124 Å². The number of hydrogen-bond donors (Lipinski definition) is 0. The highest BCUT2D eigenvalue weighted by Gasteiger charge is 2.25. The molecule has 0 N–H and O–H groups in total. The van der Waals surface area contributed by atoms with Gasteiger partial charge in [-0.1, -0.05) is 30.3 Å². The summed E-state index contributed by atoms with van der Waals surface area (Å²) in [6.45, 7) is -0.227. The van der Waals surface area contributed by atoms with E-state index in [1.165, 1.54) is 4.90 Å². The van der Waals surface area contributed by atoms with E-state index in [0.717, 1.165) is 30.0 Å². The summed E-state index contributed by atoms with van der Waals surface area (Å²) in [5, 5.41) is 11.1. The summed E-state index contributed by atoms with van der Waals surface area (Å²) in [4.78, 5) is 35.3. The van der Waals surface area contributed by atoms with Crippen LogP contribution < -0.4 is 0 Å². The van der Waals surface area contributed by atoms with Crippen LogP contribution in [0.25, 0.3) is 0 Å². The third kappa shape index (κ3) is 5.36. The van der Waals surface area contributed by atoms with Gasteiger partial charge in [-0.05, 0) is 17.7 Å². The molecule has 0 spiro atoms. The van der Waals surface area contributed by atoms with Gasteiger partial charge in [-0.15, -0.1) is 0 Å². The molecule has 10 heteroatoms. The molecular formula is C18H18N2O7S. The van der Waals surface area contributed by atoms with Crippen LogP contribution in [-0.2, 0) is 25.9 Å². The lowest BCUT2D eigenvalue weighted by Crippen LogP contribution is -2.30. The Morgan fingerprint density at radius 3 is 2.36 bits per heavy atom. The number of nitrogens with zero attached hydrogens (tertiary/aromatic N) is 2. The number of hydrogen-bond acceptors (Lipinski definition) is 7. The van der Waals surface area contributed by atoms with Crippen LogP contribution in [0.1, 0.15) is 15.9 Å². The first-order valence-corrected chi connectivity index (χ1v) is 9.92. The normalized spacial score (nSPS) is 10.9. The first-order valence-electron chi connectivity index (χ1n) is 8.03. The average molecular weight is 406 g/mol. The van der Waals surface area contributed by atoms with Gasteiger partial charge in [-0.2, -0.15) is 0 Å². The molecule has 0 aliphatic carbocycles. The number of carbonyl (C=O) groups is 2. The van der Waals surface area contributed by atoms with Crippen LogP contribution in [0.15, 0.2) is 53.4 Å². The van der Waals surface area contributed by atoms with Crippen LogP contribution in [0.2, 0.25) is 0 Å². The van der Waals surface area contributed by atoms with Crippen molar-refractivity contribution in [1.82, 2.24) is 4.90 Å². The molecule has 0 atom stereocenters. The Bertz CT molecular complexity index is 1000. The minimum atomic E-state index is -3.84. The molecule has 0 saturated heterocycles. The smallest absolute Gasteiger partial charge is 0.338 e. The zero-order valence-electron chi connectivity index (χ0n) is 15.2. The molecule has 0 unspecified atom stereocenters. The van der Waals surface area contributed by atoms with Gasteiger partial charge in [0.25, 0.3) is 11.6 Å². The van der Waals surface area contributed by atoms with Crippen molar-refractivity contribution in [3.63, 3.8) is 0 Å². The van der Waals surface area contributed by atoms with E-state index in [0.29, 0.717) is 6.54 Å². The molecule has 2 rings (SSSR count). The molecule has 0 heterocycles. The van der Waals surface area contributed by atoms with Gasteiger partial charge in [-0.25, -0.2) is 13.2 Å². The average Bonchev–Trinajstić information content (AvgIpc) is 2.65. The van der Waals surface area contributed by atoms with E-state index in [1.54, 1.807) is 7.05 Å². The van der Waals surface area contributed by atoms with Gasteiger partial charge in [-0.3, -0.25) is 14.9 Å². The Balaban J connectivity index is 2.05. The van der Waals surface area contributed by atoms with E-state index >= 15 is 0 Å². The molecule has 0 fully saturated rings. The Hall–Kier alpha value is -3.27. The zero-order valence-corrected chi connectivity index (χ0v) is 16.0. The van der Waals surface area contributed by atoms with Crippen molar-refractivity contribution in [2.24, 2.45) is 0 Å². The molecule has 0 aliphatic rings. The lowest BCUT2D eigenvalue weighted by molar-refractivity contribution is -0.387. The highest BCUT2D eigenvalue weighted by molar-refractivity contribution is 7.90. The number of carbonyl (C=O) groups excluding carboxylic acids is 2. The first kappa shape index (κ1) is 21.0. The minimum Gasteiger partial charge on any atom is -0.452 e. The van der Waals surface area contributed by atoms with Crippen molar-refractivity contribution in [3.05, 3.63) is 69.8 Å². The fourth-order valence-corrected chi connectivity index (χ4v) is 3.20. The van der Waals surface area contributed by atoms with Crippen LogP contribution in [0.5, 0.6) is 0 Å². The molecule has 0 saturated carbocycles. The molecule has 2 aromatic rings. The van der Waals surface area contributed by atoms with Crippen LogP contribution in [0.4, 0.5) is 5.69 Å². The number of rotatable bonds is 7. The fourth-order valence-electron chi connectivity index (χ4n) is 2.37. The highest BCUT2D eigenvalue weighted by atomic mass is 32.2. The van der Waals surface area contributed by atoms with Gasteiger partial charge in [0.1, 0.15) is 4.90 Å². The van der Waals surface area contributed by atoms with E-state index in [4.69, 9.17) is 4.74 Å². The van der Waals surface area contributed by atoms with Crippen molar-refractivity contribution >= 4 is 27.4 Å². The number of sulfone groups is 1. The molecule has 0 radical (unpaired) electrons. The molecule has 2 aromatic carbocycles. The summed E-state index contributed by atoms with van der Waals surface area (Å²) >= 11 is 0. The van der Waals surface area contributed by atoms with Crippen LogP contribution >= 0.6 is 0 Å². The number of nitro benzene ring substituents is 1. The monoisotopic (exact) mass is 406 g/mol. The molecule has 0 aromatic heterocycles. The number of benzene rings is 2. The number of esters is 1. The SMILES string of the molecule is CN(Cc1ccccc1)C(=O)COC(=O)c1ccc(S(C)(=O)=O)c([N+](=O)[O-])c1. The predicted octanol–water partition coefficient (Wildman–Crippen LogP) is 1.81. The van der Waals surface area contributed by atoms with E-state index in [1.807, 2.05) is 30.3 Å². The number of ether oxygens (including phenoxy) is 1. The van der Waals surface area contributed by atoms with Gasteiger partial charge in [0, 0.05) is 25.9 Å². The quantitative estimate of drug-likeness (QED) is 0.390. The van der Waals surface area contributed by atoms with E-state index in [2.05, 4.69) is 0 Å². The highest BCUT2D eigenvalue weighted by Crippen LogP contribution is 2.25. The lowest BCUT2D eigenvalue weighted by atomic mass is 10.2. The van der Waals surface area contributed by atoms with Crippen LogP contribution in [0.3, 0.4) is 0 Å². The summed E-state index contributed by atoms with van der Waals surface area (Å²) in [5.74, 6) is -1.43. The van der Waals surface area contributed by atoms with E-state index < -0.39 is 43.8 Å². The first-order chi connectivity index (χ1) is 13.1.